The fourth-order valence-electron chi connectivity index (χ4n) is 2.75. The van der Waals surface area contributed by atoms with Crippen molar-refractivity contribution in [3.8, 4) is 11.3 Å². The van der Waals surface area contributed by atoms with E-state index in [4.69, 9.17) is 4.42 Å². The fourth-order valence-corrected chi connectivity index (χ4v) is 2.75. The second-order valence-corrected chi connectivity index (χ2v) is 5.30. The summed E-state index contributed by atoms with van der Waals surface area (Å²) >= 11 is 0. The van der Waals surface area contributed by atoms with Gasteiger partial charge in [0.1, 0.15) is 5.52 Å². The lowest BCUT2D eigenvalue weighted by Crippen LogP contribution is -1.86. The van der Waals surface area contributed by atoms with E-state index in [1.54, 1.807) is 18.6 Å². The molecule has 5 rings (SSSR count). The Hall–Kier alpha value is -3.34. The van der Waals surface area contributed by atoms with Gasteiger partial charge in [0.05, 0.1) is 5.69 Å². The van der Waals surface area contributed by atoms with E-state index in [-0.39, 0.29) is 0 Å². The molecule has 0 saturated carbocycles. The standard InChI is InChI=1S/C18H10N4O/c1-2-4-12-9-21-14(7-11(12)3-1)13-8-15-16(22-10-13)17-18(23-15)20-6-5-19-17/h1-10H. The summed E-state index contributed by atoms with van der Waals surface area (Å²) in [5, 5.41) is 2.26. The number of hydrogen-bond donors (Lipinski definition) is 0. The molecule has 0 amide bonds. The minimum absolute atomic E-state index is 0.499. The molecule has 5 nitrogen and oxygen atoms in total. The predicted octanol–water partition coefficient (Wildman–Crippen LogP) is 3.99. The quantitative estimate of drug-likeness (QED) is 0.468. The van der Waals surface area contributed by atoms with Gasteiger partial charge in [0.15, 0.2) is 11.1 Å². The van der Waals surface area contributed by atoms with Crippen LogP contribution in [0.4, 0.5) is 0 Å². The number of rotatable bonds is 1. The van der Waals surface area contributed by atoms with Crippen LogP contribution in [0.2, 0.25) is 0 Å². The molecule has 0 N–H and O–H groups in total. The number of nitrogens with zero attached hydrogens (tertiary/aromatic N) is 4. The molecule has 0 saturated heterocycles. The van der Waals surface area contributed by atoms with Gasteiger partial charge >= 0.3 is 0 Å². The SMILES string of the molecule is c1ccc2cc(-c3cnc4c(c3)oc3nccnc34)ncc2c1. The molecule has 0 unspecified atom stereocenters. The van der Waals surface area contributed by atoms with Crippen molar-refractivity contribution in [3.63, 3.8) is 0 Å². The van der Waals surface area contributed by atoms with E-state index in [1.165, 1.54) is 0 Å². The van der Waals surface area contributed by atoms with Crippen molar-refractivity contribution in [1.29, 1.82) is 0 Å². The first-order chi connectivity index (χ1) is 11.4. The third kappa shape index (κ3) is 1.87. The average molecular weight is 298 g/mol. The van der Waals surface area contributed by atoms with Gasteiger partial charge in [-0.25, -0.2) is 15.0 Å². The maximum atomic E-state index is 5.74. The normalized spacial score (nSPS) is 11.5. The first kappa shape index (κ1) is 12.2. The Balaban J connectivity index is 1.73. The van der Waals surface area contributed by atoms with Gasteiger partial charge in [0.2, 0.25) is 5.71 Å². The van der Waals surface area contributed by atoms with Crippen molar-refractivity contribution < 1.29 is 4.42 Å². The summed E-state index contributed by atoms with van der Waals surface area (Å²) in [4.78, 5) is 17.5. The van der Waals surface area contributed by atoms with Gasteiger partial charge in [0, 0.05) is 35.7 Å². The summed E-state index contributed by atoms with van der Waals surface area (Å²) in [6, 6.07) is 12.1. The van der Waals surface area contributed by atoms with E-state index < -0.39 is 0 Å². The third-order valence-corrected chi connectivity index (χ3v) is 3.88. The van der Waals surface area contributed by atoms with E-state index in [0.717, 1.165) is 27.5 Å². The van der Waals surface area contributed by atoms with Crippen molar-refractivity contribution in [3.05, 3.63) is 61.2 Å². The number of fused-ring (bicyclic) bond motifs is 4. The van der Waals surface area contributed by atoms with Crippen LogP contribution in [0.25, 0.3) is 44.4 Å². The van der Waals surface area contributed by atoms with Crippen LogP contribution in [0.3, 0.4) is 0 Å². The van der Waals surface area contributed by atoms with Crippen LogP contribution < -0.4 is 0 Å². The van der Waals surface area contributed by atoms with Crippen LogP contribution in [-0.4, -0.2) is 19.9 Å². The zero-order valence-electron chi connectivity index (χ0n) is 12.0. The van der Waals surface area contributed by atoms with Crippen LogP contribution in [0.5, 0.6) is 0 Å². The summed E-state index contributed by atoms with van der Waals surface area (Å²) < 4.78 is 5.74. The van der Waals surface area contributed by atoms with Crippen LogP contribution in [0.1, 0.15) is 0 Å². The van der Waals surface area contributed by atoms with E-state index in [1.807, 2.05) is 30.5 Å². The second kappa shape index (κ2) is 4.58. The monoisotopic (exact) mass is 298 g/mol. The molecule has 0 spiro atoms. The Morgan fingerprint density at radius 2 is 1.61 bits per heavy atom. The number of benzene rings is 1. The Morgan fingerprint density at radius 1 is 0.739 bits per heavy atom. The lowest BCUT2D eigenvalue weighted by Gasteiger charge is -2.02. The Bertz CT molecular complexity index is 1180. The second-order valence-electron chi connectivity index (χ2n) is 5.30. The number of furan rings is 1. The highest BCUT2D eigenvalue weighted by atomic mass is 16.3. The van der Waals surface area contributed by atoms with E-state index >= 15 is 0 Å². The van der Waals surface area contributed by atoms with Crippen LogP contribution in [0, 0.1) is 0 Å². The maximum Gasteiger partial charge on any atom is 0.247 e. The summed E-state index contributed by atoms with van der Waals surface area (Å²) in [6.07, 6.45) is 6.91. The van der Waals surface area contributed by atoms with Crippen molar-refractivity contribution in [1.82, 2.24) is 19.9 Å². The number of aromatic nitrogens is 4. The molecule has 23 heavy (non-hydrogen) atoms. The van der Waals surface area contributed by atoms with Gasteiger partial charge in [-0.3, -0.25) is 4.98 Å². The molecule has 0 atom stereocenters. The summed E-state index contributed by atoms with van der Waals surface area (Å²) in [7, 11) is 0. The number of pyridine rings is 2. The molecule has 0 aliphatic carbocycles. The smallest absolute Gasteiger partial charge is 0.247 e. The molecule has 0 radical (unpaired) electrons. The van der Waals surface area contributed by atoms with Crippen LogP contribution in [0.15, 0.2) is 65.6 Å². The van der Waals surface area contributed by atoms with E-state index in [9.17, 15) is 0 Å². The van der Waals surface area contributed by atoms with Crippen LogP contribution >= 0.6 is 0 Å². The highest BCUT2D eigenvalue weighted by Crippen LogP contribution is 2.28. The summed E-state index contributed by atoms with van der Waals surface area (Å²) in [6.45, 7) is 0. The lowest BCUT2D eigenvalue weighted by atomic mass is 10.1. The molecule has 0 aliphatic rings. The van der Waals surface area contributed by atoms with Gasteiger partial charge in [-0.05, 0) is 17.5 Å². The van der Waals surface area contributed by atoms with Crippen molar-refractivity contribution >= 4 is 33.1 Å². The Labute approximate surface area is 130 Å². The first-order valence-corrected chi connectivity index (χ1v) is 7.23. The molecule has 1 aromatic carbocycles. The van der Waals surface area contributed by atoms with Gasteiger partial charge in [-0.2, -0.15) is 0 Å². The summed E-state index contributed by atoms with van der Waals surface area (Å²) in [5.41, 5.74) is 4.33. The van der Waals surface area contributed by atoms with Gasteiger partial charge < -0.3 is 4.42 Å². The molecule has 4 aromatic heterocycles. The molecule has 0 aliphatic heterocycles. The minimum atomic E-state index is 0.499. The van der Waals surface area contributed by atoms with Crippen molar-refractivity contribution in [2.45, 2.75) is 0 Å². The first-order valence-electron chi connectivity index (χ1n) is 7.23. The van der Waals surface area contributed by atoms with Gasteiger partial charge in [0.25, 0.3) is 0 Å². The van der Waals surface area contributed by atoms with E-state index in [0.29, 0.717) is 16.8 Å². The molecule has 5 aromatic rings. The molecular weight excluding hydrogens is 288 g/mol. The highest BCUT2D eigenvalue weighted by molar-refractivity contribution is 5.99. The van der Waals surface area contributed by atoms with Gasteiger partial charge in [-0.1, -0.05) is 24.3 Å². The predicted molar refractivity (Wildman–Crippen MR) is 87.8 cm³/mol. The van der Waals surface area contributed by atoms with Crippen molar-refractivity contribution in [2.75, 3.05) is 0 Å². The zero-order chi connectivity index (χ0) is 15.2. The largest absolute Gasteiger partial charge is 0.435 e. The van der Waals surface area contributed by atoms with Crippen LogP contribution in [-0.2, 0) is 0 Å². The third-order valence-electron chi connectivity index (χ3n) is 3.88. The number of hydrogen-bond acceptors (Lipinski definition) is 5. The minimum Gasteiger partial charge on any atom is -0.435 e. The molecule has 5 heteroatoms. The summed E-state index contributed by atoms with van der Waals surface area (Å²) in [5.74, 6) is 0. The molecule has 4 heterocycles. The topological polar surface area (TPSA) is 64.7 Å². The van der Waals surface area contributed by atoms with E-state index in [2.05, 4.69) is 32.1 Å². The Morgan fingerprint density at radius 3 is 2.57 bits per heavy atom. The molecular formula is C18H10N4O. The average Bonchev–Trinajstić information content (AvgIpc) is 2.99. The lowest BCUT2D eigenvalue weighted by molar-refractivity contribution is 0.652. The molecule has 108 valence electrons. The Kier molecular flexibility index (Phi) is 2.43. The highest BCUT2D eigenvalue weighted by Gasteiger charge is 2.12. The molecule has 0 bridgehead atoms. The van der Waals surface area contributed by atoms with Gasteiger partial charge in [-0.15, -0.1) is 0 Å². The zero-order valence-corrected chi connectivity index (χ0v) is 12.0. The fraction of sp³-hybridized carbons (Fsp3) is 0. The van der Waals surface area contributed by atoms with Crippen molar-refractivity contribution in [2.24, 2.45) is 0 Å². The molecule has 0 fully saturated rings. The maximum absolute atomic E-state index is 5.74.